The minimum atomic E-state index is -0.382. The van der Waals surface area contributed by atoms with Crippen LogP contribution in [-0.2, 0) is 9.78 Å². The maximum Gasteiger partial charge on any atom is 0.373 e. The Labute approximate surface area is 146 Å². The lowest BCUT2D eigenvalue weighted by Gasteiger charge is -2.17. The van der Waals surface area contributed by atoms with E-state index in [0.29, 0.717) is 5.56 Å². The first-order valence-electron chi connectivity index (χ1n) is 9.61. The first-order valence-corrected chi connectivity index (χ1v) is 9.61. The maximum atomic E-state index is 12.2. The fraction of sp³-hybridized carbons (Fsp3) is 0.667. The molecule has 1 aliphatic rings. The molecular weight excluding hydrogens is 300 g/mol. The largest absolute Gasteiger partial charge is 0.373 e. The highest BCUT2D eigenvalue weighted by molar-refractivity contribution is 5.89. The SMILES string of the molecule is Cc1cc(C)cc(C(=O)OOC2CCCCCCCCCCC2)c1. The average molecular weight is 332 g/mol. The summed E-state index contributed by atoms with van der Waals surface area (Å²) in [5.74, 6) is -0.382. The summed E-state index contributed by atoms with van der Waals surface area (Å²) in [5.41, 5.74) is 2.70. The van der Waals surface area contributed by atoms with Gasteiger partial charge in [0.1, 0.15) is 6.10 Å². The first-order chi connectivity index (χ1) is 11.6. The molecule has 1 saturated carbocycles. The second-order valence-electron chi connectivity index (χ2n) is 7.22. The predicted molar refractivity (Wildman–Crippen MR) is 97.0 cm³/mol. The lowest BCUT2D eigenvalue weighted by Crippen LogP contribution is -2.17. The Bertz CT molecular complexity index is 478. The van der Waals surface area contributed by atoms with Gasteiger partial charge in [-0.1, -0.05) is 75.0 Å². The monoisotopic (exact) mass is 332 g/mol. The van der Waals surface area contributed by atoms with E-state index in [0.717, 1.165) is 36.8 Å². The Morgan fingerprint density at radius 2 is 1.25 bits per heavy atom. The Balaban J connectivity index is 1.83. The van der Waals surface area contributed by atoms with Crippen LogP contribution in [0.3, 0.4) is 0 Å². The lowest BCUT2D eigenvalue weighted by molar-refractivity contribution is -0.277. The molecule has 0 aliphatic heterocycles. The molecule has 0 atom stereocenters. The van der Waals surface area contributed by atoms with Crippen molar-refractivity contribution < 1.29 is 14.6 Å². The van der Waals surface area contributed by atoms with Crippen molar-refractivity contribution in [3.05, 3.63) is 34.9 Å². The molecule has 3 heteroatoms. The molecule has 1 aliphatic carbocycles. The topological polar surface area (TPSA) is 35.5 Å². The highest BCUT2D eigenvalue weighted by Crippen LogP contribution is 2.19. The van der Waals surface area contributed by atoms with Gasteiger partial charge in [-0.2, -0.15) is 4.89 Å². The standard InChI is InChI=1S/C21H32O3/c1-17-14-18(2)16-19(15-17)21(22)24-23-20-12-10-8-6-4-3-5-7-9-11-13-20/h14-16,20H,3-13H2,1-2H3. The molecule has 0 unspecified atom stereocenters. The first kappa shape index (κ1) is 19.0. The molecule has 0 saturated heterocycles. The quantitative estimate of drug-likeness (QED) is 0.498. The average Bonchev–Trinajstić information content (AvgIpc) is 2.53. The van der Waals surface area contributed by atoms with Gasteiger partial charge in [-0.05, 0) is 38.8 Å². The van der Waals surface area contributed by atoms with Crippen LogP contribution in [0.2, 0.25) is 0 Å². The van der Waals surface area contributed by atoms with Crippen molar-refractivity contribution in [3.8, 4) is 0 Å². The molecule has 24 heavy (non-hydrogen) atoms. The van der Waals surface area contributed by atoms with Gasteiger partial charge in [0, 0.05) is 0 Å². The zero-order chi connectivity index (χ0) is 17.2. The molecule has 0 bridgehead atoms. The van der Waals surface area contributed by atoms with Gasteiger partial charge in [-0.15, -0.1) is 0 Å². The molecule has 1 aromatic rings. The number of aryl methyl sites for hydroxylation is 2. The molecule has 0 aromatic heterocycles. The van der Waals surface area contributed by atoms with Crippen molar-refractivity contribution in [2.24, 2.45) is 0 Å². The highest BCUT2D eigenvalue weighted by Gasteiger charge is 2.15. The smallest absolute Gasteiger partial charge is 0.293 e. The zero-order valence-corrected chi connectivity index (χ0v) is 15.3. The molecule has 0 heterocycles. The Morgan fingerprint density at radius 1 is 0.792 bits per heavy atom. The van der Waals surface area contributed by atoms with Gasteiger partial charge in [0.25, 0.3) is 0 Å². The number of benzene rings is 1. The number of carbonyl (C=O) groups is 1. The zero-order valence-electron chi connectivity index (χ0n) is 15.3. The van der Waals surface area contributed by atoms with Crippen molar-refractivity contribution in [1.82, 2.24) is 0 Å². The fourth-order valence-corrected chi connectivity index (χ4v) is 3.47. The molecular formula is C21H32O3. The van der Waals surface area contributed by atoms with E-state index in [9.17, 15) is 4.79 Å². The second kappa shape index (κ2) is 10.5. The number of hydrogen-bond acceptors (Lipinski definition) is 3. The van der Waals surface area contributed by atoms with Gasteiger partial charge < -0.3 is 0 Å². The van der Waals surface area contributed by atoms with E-state index in [-0.39, 0.29) is 12.1 Å². The van der Waals surface area contributed by atoms with E-state index in [1.54, 1.807) is 0 Å². The van der Waals surface area contributed by atoms with E-state index in [2.05, 4.69) is 0 Å². The van der Waals surface area contributed by atoms with Crippen LogP contribution in [-0.4, -0.2) is 12.1 Å². The summed E-state index contributed by atoms with van der Waals surface area (Å²) in [6.07, 6.45) is 13.6. The molecule has 2 rings (SSSR count). The normalized spacial score (nSPS) is 18.4. The number of carbonyl (C=O) groups excluding carboxylic acids is 1. The number of hydrogen-bond donors (Lipinski definition) is 0. The van der Waals surface area contributed by atoms with Crippen LogP contribution >= 0.6 is 0 Å². The van der Waals surface area contributed by atoms with Gasteiger partial charge >= 0.3 is 5.97 Å². The Morgan fingerprint density at radius 3 is 1.75 bits per heavy atom. The molecule has 1 fully saturated rings. The van der Waals surface area contributed by atoms with Gasteiger partial charge in [0.2, 0.25) is 0 Å². The molecule has 0 N–H and O–H groups in total. The molecule has 1 aromatic carbocycles. The summed E-state index contributed by atoms with van der Waals surface area (Å²) in [4.78, 5) is 22.9. The van der Waals surface area contributed by atoms with Gasteiger partial charge in [0.05, 0.1) is 5.56 Å². The minimum absolute atomic E-state index is 0.0410. The molecule has 0 amide bonds. The van der Waals surface area contributed by atoms with Crippen LogP contribution in [0, 0.1) is 13.8 Å². The molecule has 0 radical (unpaired) electrons. The third-order valence-electron chi connectivity index (χ3n) is 4.77. The van der Waals surface area contributed by atoms with Crippen LogP contribution in [0.4, 0.5) is 0 Å². The van der Waals surface area contributed by atoms with Gasteiger partial charge in [0.15, 0.2) is 0 Å². The van der Waals surface area contributed by atoms with Crippen LogP contribution < -0.4 is 0 Å². The van der Waals surface area contributed by atoms with Crippen molar-refractivity contribution >= 4 is 5.97 Å². The number of rotatable bonds is 3. The van der Waals surface area contributed by atoms with E-state index in [1.165, 1.54) is 44.9 Å². The van der Waals surface area contributed by atoms with E-state index in [4.69, 9.17) is 9.78 Å². The van der Waals surface area contributed by atoms with Crippen LogP contribution in [0.25, 0.3) is 0 Å². The third-order valence-corrected chi connectivity index (χ3v) is 4.77. The van der Waals surface area contributed by atoms with Crippen molar-refractivity contribution in [2.45, 2.75) is 90.6 Å². The fourth-order valence-electron chi connectivity index (χ4n) is 3.47. The maximum absolute atomic E-state index is 12.2. The molecule has 3 nitrogen and oxygen atoms in total. The van der Waals surface area contributed by atoms with E-state index >= 15 is 0 Å². The Hall–Kier alpha value is -1.35. The third kappa shape index (κ3) is 7.04. The van der Waals surface area contributed by atoms with Crippen LogP contribution in [0.5, 0.6) is 0 Å². The molecule has 134 valence electrons. The molecule has 0 spiro atoms. The van der Waals surface area contributed by atoms with E-state index in [1.807, 2.05) is 32.0 Å². The lowest BCUT2D eigenvalue weighted by atomic mass is 9.99. The summed E-state index contributed by atoms with van der Waals surface area (Å²) in [7, 11) is 0. The van der Waals surface area contributed by atoms with Gasteiger partial charge in [-0.25, -0.2) is 4.79 Å². The second-order valence-corrected chi connectivity index (χ2v) is 7.22. The van der Waals surface area contributed by atoms with Crippen molar-refractivity contribution in [3.63, 3.8) is 0 Å². The van der Waals surface area contributed by atoms with Crippen molar-refractivity contribution in [1.29, 1.82) is 0 Å². The van der Waals surface area contributed by atoms with Gasteiger partial charge in [-0.3, -0.25) is 4.89 Å². The minimum Gasteiger partial charge on any atom is -0.293 e. The van der Waals surface area contributed by atoms with Crippen LogP contribution in [0.1, 0.15) is 92.1 Å². The Kier molecular flexibility index (Phi) is 8.31. The highest BCUT2D eigenvalue weighted by atomic mass is 17.2. The van der Waals surface area contributed by atoms with Crippen molar-refractivity contribution in [2.75, 3.05) is 0 Å². The summed E-state index contributed by atoms with van der Waals surface area (Å²) in [6, 6.07) is 5.74. The summed E-state index contributed by atoms with van der Waals surface area (Å²) >= 11 is 0. The predicted octanol–water partition coefficient (Wildman–Crippen LogP) is 6.07. The van der Waals surface area contributed by atoms with E-state index < -0.39 is 0 Å². The summed E-state index contributed by atoms with van der Waals surface area (Å²) in [6.45, 7) is 3.97. The van der Waals surface area contributed by atoms with Crippen LogP contribution in [0.15, 0.2) is 18.2 Å². The summed E-state index contributed by atoms with van der Waals surface area (Å²) < 4.78 is 0. The summed E-state index contributed by atoms with van der Waals surface area (Å²) in [5, 5.41) is 0.